The summed E-state index contributed by atoms with van der Waals surface area (Å²) in [6, 6.07) is 3.80. The van der Waals surface area contributed by atoms with E-state index in [1.807, 2.05) is 6.07 Å². The van der Waals surface area contributed by atoms with Crippen LogP contribution in [0.1, 0.15) is 16.7 Å². The molecule has 0 saturated carbocycles. The first-order valence-corrected chi connectivity index (χ1v) is 6.86. The van der Waals surface area contributed by atoms with Crippen molar-refractivity contribution in [1.29, 1.82) is 0 Å². The van der Waals surface area contributed by atoms with Gasteiger partial charge >= 0.3 is 0 Å². The Labute approximate surface area is 110 Å². The van der Waals surface area contributed by atoms with Crippen molar-refractivity contribution in [1.82, 2.24) is 16.0 Å². The van der Waals surface area contributed by atoms with Crippen LogP contribution in [-0.2, 0) is 22.6 Å². The van der Waals surface area contributed by atoms with Crippen LogP contribution in [-0.4, -0.2) is 30.9 Å². The normalized spacial score (nSPS) is 19.4. The zero-order chi connectivity index (χ0) is 13.0. The van der Waals surface area contributed by atoms with Gasteiger partial charge in [-0.1, -0.05) is 6.92 Å². The third-order valence-electron chi connectivity index (χ3n) is 2.83. The quantitative estimate of drug-likeness (QED) is 0.720. The number of nitrogens with one attached hydrogen (secondary N) is 3. The highest BCUT2D eigenvalue weighted by molar-refractivity contribution is 7.11. The van der Waals surface area contributed by atoms with Crippen molar-refractivity contribution in [2.24, 2.45) is 0 Å². The summed E-state index contributed by atoms with van der Waals surface area (Å²) in [6.45, 7) is 3.23. The van der Waals surface area contributed by atoms with Gasteiger partial charge < -0.3 is 10.6 Å². The Morgan fingerprint density at radius 2 is 2.28 bits per heavy atom. The van der Waals surface area contributed by atoms with Crippen molar-refractivity contribution in [2.45, 2.75) is 25.9 Å². The first-order chi connectivity index (χ1) is 8.69. The third kappa shape index (κ3) is 3.30. The van der Waals surface area contributed by atoms with Crippen LogP contribution in [0.4, 0.5) is 0 Å². The highest BCUT2D eigenvalue weighted by atomic mass is 32.1. The molecule has 6 heteroatoms. The molecule has 18 heavy (non-hydrogen) atoms. The molecule has 1 aliphatic heterocycles. The number of carbonyl (C=O) groups excluding carboxylic acids is 2. The van der Waals surface area contributed by atoms with Crippen LogP contribution in [0.2, 0.25) is 0 Å². The molecule has 1 aliphatic rings. The summed E-state index contributed by atoms with van der Waals surface area (Å²) in [5.74, 6) is -0.133. The number of carbonyl (C=O) groups is 2. The maximum Gasteiger partial charge on any atom is 0.239 e. The fourth-order valence-corrected chi connectivity index (χ4v) is 2.65. The number of aryl methyl sites for hydroxylation is 1. The van der Waals surface area contributed by atoms with E-state index in [-0.39, 0.29) is 24.4 Å². The average molecular weight is 267 g/mol. The minimum atomic E-state index is -0.326. The maximum absolute atomic E-state index is 11.8. The minimum absolute atomic E-state index is 0.0649. The molecule has 1 unspecified atom stereocenters. The molecule has 1 saturated heterocycles. The molecular formula is C12H17N3O2S. The van der Waals surface area contributed by atoms with Gasteiger partial charge in [-0.05, 0) is 18.6 Å². The molecule has 3 N–H and O–H groups in total. The summed E-state index contributed by atoms with van der Waals surface area (Å²) in [7, 11) is 0. The van der Waals surface area contributed by atoms with Gasteiger partial charge in [-0.25, -0.2) is 0 Å². The molecule has 0 aliphatic carbocycles. The SMILES string of the molecule is CCc1ccc(CNC(=O)C2CNC(=O)CN2)s1. The Morgan fingerprint density at radius 3 is 2.89 bits per heavy atom. The van der Waals surface area contributed by atoms with Crippen molar-refractivity contribution in [3.63, 3.8) is 0 Å². The van der Waals surface area contributed by atoms with Crippen LogP contribution in [0.25, 0.3) is 0 Å². The van der Waals surface area contributed by atoms with Gasteiger partial charge in [0.1, 0.15) is 6.04 Å². The van der Waals surface area contributed by atoms with Crippen molar-refractivity contribution >= 4 is 23.2 Å². The van der Waals surface area contributed by atoms with Crippen molar-refractivity contribution in [3.05, 3.63) is 21.9 Å². The molecule has 1 aromatic rings. The van der Waals surface area contributed by atoms with Crippen LogP contribution in [0, 0.1) is 0 Å². The van der Waals surface area contributed by atoms with E-state index in [9.17, 15) is 9.59 Å². The Balaban J connectivity index is 1.79. The van der Waals surface area contributed by atoms with E-state index >= 15 is 0 Å². The second-order valence-electron chi connectivity index (χ2n) is 4.18. The summed E-state index contributed by atoms with van der Waals surface area (Å²) in [6.07, 6.45) is 1.02. The van der Waals surface area contributed by atoms with Gasteiger partial charge in [0.05, 0.1) is 13.1 Å². The Bertz CT molecular complexity index is 434. The molecule has 0 aromatic carbocycles. The number of piperazine rings is 1. The van der Waals surface area contributed by atoms with Gasteiger partial charge in [-0.3, -0.25) is 14.9 Å². The zero-order valence-electron chi connectivity index (χ0n) is 10.3. The van der Waals surface area contributed by atoms with E-state index in [1.54, 1.807) is 11.3 Å². The number of hydrogen-bond donors (Lipinski definition) is 3. The molecule has 1 aromatic heterocycles. The molecule has 5 nitrogen and oxygen atoms in total. The smallest absolute Gasteiger partial charge is 0.239 e. The molecule has 0 spiro atoms. The lowest BCUT2D eigenvalue weighted by atomic mass is 10.2. The zero-order valence-corrected chi connectivity index (χ0v) is 11.1. The van der Waals surface area contributed by atoms with E-state index in [2.05, 4.69) is 28.9 Å². The summed E-state index contributed by atoms with van der Waals surface area (Å²) in [4.78, 5) is 25.3. The van der Waals surface area contributed by atoms with E-state index in [4.69, 9.17) is 0 Å². The van der Waals surface area contributed by atoms with Gasteiger partial charge in [-0.15, -0.1) is 11.3 Å². The number of hydrogen-bond acceptors (Lipinski definition) is 4. The second-order valence-corrected chi connectivity index (χ2v) is 5.43. The summed E-state index contributed by atoms with van der Waals surface area (Å²) >= 11 is 1.72. The predicted molar refractivity (Wildman–Crippen MR) is 70.3 cm³/mol. The standard InChI is InChI=1S/C12H17N3O2S/c1-2-8-3-4-9(18-8)5-15-12(17)10-6-14-11(16)7-13-10/h3-4,10,13H,2,5-7H2,1H3,(H,14,16)(H,15,17). The predicted octanol–water partition coefficient (Wildman–Crippen LogP) is 0.0147. The fraction of sp³-hybridized carbons (Fsp3) is 0.500. The molecule has 2 amide bonds. The van der Waals surface area contributed by atoms with Crippen LogP contribution < -0.4 is 16.0 Å². The molecule has 1 fully saturated rings. The molecule has 0 bridgehead atoms. The number of thiophene rings is 1. The van der Waals surface area contributed by atoms with Crippen molar-refractivity contribution in [3.8, 4) is 0 Å². The lowest BCUT2D eigenvalue weighted by Gasteiger charge is -2.22. The topological polar surface area (TPSA) is 70.2 Å². The largest absolute Gasteiger partial charge is 0.353 e. The summed E-state index contributed by atoms with van der Waals surface area (Å²) in [5.41, 5.74) is 0. The Kier molecular flexibility index (Phi) is 4.33. The van der Waals surface area contributed by atoms with Gasteiger partial charge in [-0.2, -0.15) is 0 Å². The van der Waals surface area contributed by atoms with Crippen molar-refractivity contribution in [2.75, 3.05) is 13.1 Å². The first-order valence-electron chi connectivity index (χ1n) is 6.04. The van der Waals surface area contributed by atoms with Gasteiger partial charge in [0.25, 0.3) is 0 Å². The van der Waals surface area contributed by atoms with Gasteiger partial charge in [0.2, 0.25) is 11.8 Å². The van der Waals surface area contributed by atoms with Gasteiger partial charge in [0, 0.05) is 16.3 Å². The van der Waals surface area contributed by atoms with Gasteiger partial charge in [0.15, 0.2) is 0 Å². The Morgan fingerprint density at radius 1 is 1.50 bits per heavy atom. The van der Waals surface area contributed by atoms with Crippen LogP contribution in [0.5, 0.6) is 0 Å². The molecule has 2 heterocycles. The Hall–Kier alpha value is -1.40. The van der Waals surface area contributed by atoms with Crippen LogP contribution >= 0.6 is 11.3 Å². The van der Waals surface area contributed by atoms with Crippen molar-refractivity contribution < 1.29 is 9.59 Å². The lowest BCUT2D eigenvalue weighted by Crippen LogP contribution is -2.57. The highest BCUT2D eigenvalue weighted by Gasteiger charge is 2.23. The van der Waals surface area contributed by atoms with Crippen LogP contribution in [0.15, 0.2) is 12.1 Å². The first kappa shape index (κ1) is 13.0. The molecular weight excluding hydrogens is 250 g/mol. The minimum Gasteiger partial charge on any atom is -0.353 e. The summed E-state index contributed by atoms with van der Waals surface area (Å²) in [5, 5.41) is 8.44. The van der Waals surface area contributed by atoms with Crippen LogP contribution in [0.3, 0.4) is 0 Å². The van der Waals surface area contributed by atoms with E-state index < -0.39 is 0 Å². The maximum atomic E-state index is 11.8. The monoisotopic (exact) mass is 267 g/mol. The highest BCUT2D eigenvalue weighted by Crippen LogP contribution is 2.16. The summed E-state index contributed by atoms with van der Waals surface area (Å²) < 4.78 is 0. The lowest BCUT2D eigenvalue weighted by molar-refractivity contribution is -0.126. The van der Waals surface area contributed by atoms with E-state index in [0.29, 0.717) is 13.1 Å². The average Bonchev–Trinajstić information content (AvgIpc) is 2.85. The van der Waals surface area contributed by atoms with E-state index in [1.165, 1.54) is 4.88 Å². The molecule has 1 atom stereocenters. The number of amides is 2. The van der Waals surface area contributed by atoms with E-state index in [0.717, 1.165) is 11.3 Å². The number of rotatable bonds is 4. The second kappa shape index (κ2) is 5.97. The third-order valence-corrected chi connectivity index (χ3v) is 4.06. The molecule has 0 radical (unpaired) electrons. The molecule has 2 rings (SSSR count). The molecule has 98 valence electrons. The fourth-order valence-electron chi connectivity index (χ4n) is 1.76.